The SMILES string of the molecule is CC(N)C1CCN(CCCC(=O)N2CCOCC2)CC1. The smallest absolute Gasteiger partial charge is 0.222 e. The number of hydrogen-bond acceptors (Lipinski definition) is 4. The van der Waals surface area contributed by atoms with Crippen LogP contribution in [0.4, 0.5) is 0 Å². The highest BCUT2D eigenvalue weighted by Gasteiger charge is 2.22. The Morgan fingerprint density at radius 3 is 2.50 bits per heavy atom. The summed E-state index contributed by atoms with van der Waals surface area (Å²) in [6.07, 6.45) is 4.05. The average Bonchev–Trinajstić information content (AvgIpc) is 2.48. The van der Waals surface area contributed by atoms with E-state index in [9.17, 15) is 4.79 Å². The molecule has 0 saturated carbocycles. The number of carbonyl (C=O) groups excluding carboxylic acids is 1. The van der Waals surface area contributed by atoms with Crippen molar-refractivity contribution in [3.63, 3.8) is 0 Å². The number of carbonyl (C=O) groups is 1. The van der Waals surface area contributed by atoms with Crippen molar-refractivity contribution in [1.82, 2.24) is 9.80 Å². The molecule has 0 aromatic heterocycles. The van der Waals surface area contributed by atoms with Crippen LogP contribution in [0, 0.1) is 5.92 Å². The van der Waals surface area contributed by atoms with Crippen molar-refractivity contribution < 1.29 is 9.53 Å². The first-order valence-corrected chi connectivity index (χ1v) is 8.00. The molecule has 2 heterocycles. The molecule has 2 rings (SSSR count). The molecule has 2 fully saturated rings. The van der Waals surface area contributed by atoms with Crippen LogP contribution in [-0.4, -0.2) is 67.7 Å². The maximum absolute atomic E-state index is 12.0. The third kappa shape index (κ3) is 4.72. The number of nitrogens with two attached hydrogens (primary N) is 1. The zero-order chi connectivity index (χ0) is 14.4. The van der Waals surface area contributed by atoms with Crippen LogP contribution in [0.5, 0.6) is 0 Å². The van der Waals surface area contributed by atoms with E-state index in [0.717, 1.165) is 39.1 Å². The predicted molar refractivity (Wildman–Crippen MR) is 79.4 cm³/mol. The molecule has 0 spiro atoms. The van der Waals surface area contributed by atoms with E-state index in [2.05, 4.69) is 11.8 Å². The minimum atomic E-state index is 0.291. The zero-order valence-electron chi connectivity index (χ0n) is 12.7. The van der Waals surface area contributed by atoms with Crippen LogP contribution in [0.1, 0.15) is 32.6 Å². The Labute approximate surface area is 122 Å². The summed E-state index contributed by atoms with van der Waals surface area (Å²) < 4.78 is 5.27. The van der Waals surface area contributed by atoms with E-state index in [1.165, 1.54) is 12.8 Å². The summed E-state index contributed by atoms with van der Waals surface area (Å²) in [4.78, 5) is 16.4. The van der Waals surface area contributed by atoms with Gasteiger partial charge in [-0.15, -0.1) is 0 Å². The van der Waals surface area contributed by atoms with Gasteiger partial charge in [0.25, 0.3) is 0 Å². The minimum absolute atomic E-state index is 0.291. The van der Waals surface area contributed by atoms with E-state index >= 15 is 0 Å². The molecular weight excluding hydrogens is 254 g/mol. The topological polar surface area (TPSA) is 58.8 Å². The Kier molecular flexibility index (Phi) is 6.26. The summed E-state index contributed by atoms with van der Waals surface area (Å²) in [5.74, 6) is 0.972. The van der Waals surface area contributed by atoms with Gasteiger partial charge in [-0.25, -0.2) is 0 Å². The van der Waals surface area contributed by atoms with Crippen LogP contribution in [0.15, 0.2) is 0 Å². The maximum atomic E-state index is 12.0. The van der Waals surface area contributed by atoms with Crippen molar-refractivity contribution in [2.45, 2.75) is 38.6 Å². The molecule has 1 atom stereocenters. The molecule has 116 valence electrons. The number of morpholine rings is 1. The number of nitrogens with zero attached hydrogens (tertiary/aromatic N) is 2. The molecule has 2 saturated heterocycles. The normalized spacial score (nSPS) is 23.8. The van der Waals surface area contributed by atoms with Gasteiger partial charge in [0.15, 0.2) is 0 Å². The first kappa shape index (κ1) is 15.7. The van der Waals surface area contributed by atoms with Gasteiger partial charge < -0.3 is 20.3 Å². The quantitative estimate of drug-likeness (QED) is 0.806. The van der Waals surface area contributed by atoms with Crippen LogP contribution in [-0.2, 0) is 9.53 Å². The van der Waals surface area contributed by atoms with E-state index < -0.39 is 0 Å². The number of hydrogen-bond donors (Lipinski definition) is 1. The number of rotatable bonds is 5. The van der Waals surface area contributed by atoms with Crippen molar-refractivity contribution in [3.8, 4) is 0 Å². The minimum Gasteiger partial charge on any atom is -0.378 e. The number of likely N-dealkylation sites (tertiary alicyclic amines) is 1. The van der Waals surface area contributed by atoms with E-state index in [4.69, 9.17) is 10.5 Å². The first-order valence-electron chi connectivity index (χ1n) is 8.00. The lowest BCUT2D eigenvalue weighted by atomic mass is 9.91. The van der Waals surface area contributed by atoms with Crippen LogP contribution >= 0.6 is 0 Å². The van der Waals surface area contributed by atoms with Crippen molar-refractivity contribution in [2.75, 3.05) is 45.9 Å². The van der Waals surface area contributed by atoms with Crippen LogP contribution in [0.25, 0.3) is 0 Å². The van der Waals surface area contributed by atoms with Crippen molar-refractivity contribution >= 4 is 5.91 Å². The highest BCUT2D eigenvalue weighted by molar-refractivity contribution is 5.76. The van der Waals surface area contributed by atoms with Crippen molar-refractivity contribution in [3.05, 3.63) is 0 Å². The third-order valence-electron chi connectivity index (χ3n) is 4.60. The van der Waals surface area contributed by atoms with E-state index in [-0.39, 0.29) is 0 Å². The molecule has 5 heteroatoms. The van der Waals surface area contributed by atoms with Crippen LogP contribution in [0.3, 0.4) is 0 Å². The molecule has 0 aromatic rings. The molecule has 0 radical (unpaired) electrons. The first-order chi connectivity index (χ1) is 9.66. The van der Waals surface area contributed by atoms with E-state index in [1.807, 2.05) is 4.90 Å². The summed E-state index contributed by atoms with van der Waals surface area (Å²) in [5, 5.41) is 0. The Bertz CT molecular complexity index is 295. The Balaban J connectivity index is 1.58. The molecule has 20 heavy (non-hydrogen) atoms. The van der Waals surface area contributed by atoms with Gasteiger partial charge >= 0.3 is 0 Å². The molecule has 1 amide bonds. The summed E-state index contributed by atoms with van der Waals surface area (Å²) in [7, 11) is 0. The lowest BCUT2D eigenvalue weighted by molar-refractivity contribution is -0.135. The van der Waals surface area contributed by atoms with Gasteiger partial charge in [-0.2, -0.15) is 0 Å². The summed E-state index contributed by atoms with van der Waals surface area (Å²) in [6, 6.07) is 0.319. The standard InChI is InChI=1S/C15H29N3O2/c1-13(16)14-4-7-17(8-5-14)6-2-3-15(19)18-9-11-20-12-10-18/h13-14H,2-12,16H2,1H3. The molecule has 5 nitrogen and oxygen atoms in total. The lowest BCUT2D eigenvalue weighted by Crippen LogP contribution is -2.42. The van der Waals surface area contributed by atoms with Gasteiger partial charge in [0.1, 0.15) is 0 Å². The van der Waals surface area contributed by atoms with Gasteiger partial charge in [-0.1, -0.05) is 0 Å². The number of piperidine rings is 1. The fourth-order valence-corrected chi connectivity index (χ4v) is 3.13. The molecule has 2 aliphatic rings. The Morgan fingerprint density at radius 2 is 1.90 bits per heavy atom. The average molecular weight is 283 g/mol. The summed E-state index contributed by atoms with van der Waals surface area (Å²) in [6.45, 7) is 8.34. The fourth-order valence-electron chi connectivity index (χ4n) is 3.13. The van der Waals surface area contributed by atoms with Crippen LogP contribution < -0.4 is 5.73 Å². The van der Waals surface area contributed by atoms with Crippen LogP contribution in [0.2, 0.25) is 0 Å². The second-order valence-electron chi connectivity index (χ2n) is 6.13. The van der Waals surface area contributed by atoms with E-state index in [1.54, 1.807) is 0 Å². The fraction of sp³-hybridized carbons (Fsp3) is 0.933. The number of ether oxygens (including phenoxy) is 1. The molecular formula is C15H29N3O2. The summed E-state index contributed by atoms with van der Waals surface area (Å²) in [5.41, 5.74) is 5.96. The van der Waals surface area contributed by atoms with Gasteiger partial charge in [-0.05, 0) is 51.7 Å². The Morgan fingerprint density at radius 1 is 1.25 bits per heavy atom. The second kappa shape index (κ2) is 7.96. The zero-order valence-corrected chi connectivity index (χ0v) is 12.7. The highest BCUT2D eigenvalue weighted by atomic mass is 16.5. The van der Waals surface area contributed by atoms with Gasteiger partial charge in [0.05, 0.1) is 13.2 Å². The molecule has 0 aliphatic carbocycles. The van der Waals surface area contributed by atoms with E-state index in [0.29, 0.717) is 37.5 Å². The Hall–Kier alpha value is -0.650. The lowest BCUT2D eigenvalue weighted by Gasteiger charge is -2.33. The number of amides is 1. The van der Waals surface area contributed by atoms with Gasteiger partial charge in [-0.3, -0.25) is 4.79 Å². The monoisotopic (exact) mass is 283 g/mol. The molecule has 2 N–H and O–H groups in total. The third-order valence-corrected chi connectivity index (χ3v) is 4.60. The van der Waals surface area contributed by atoms with Crippen molar-refractivity contribution in [1.29, 1.82) is 0 Å². The summed E-state index contributed by atoms with van der Waals surface area (Å²) >= 11 is 0. The molecule has 0 bridgehead atoms. The molecule has 1 unspecified atom stereocenters. The highest BCUT2D eigenvalue weighted by Crippen LogP contribution is 2.19. The van der Waals surface area contributed by atoms with Gasteiger partial charge in [0, 0.05) is 25.6 Å². The van der Waals surface area contributed by atoms with Gasteiger partial charge in [0.2, 0.25) is 5.91 Å². The second-order valence-corrected chi connectivity index (χ2v) is 6.13. The predicted octanol–water partition coefficient (Wildman–Crippen LogP) is 0.685. The molecule has 2 aliphatic heterocycles. The molecule has 0 aromatic carbocycles. The maximum Gasteiger partial charge on any atom is 0.222 e. The van der Waals surface area contributed by atoms with Crippen molar-refractivity contribution in [2.24, 2.45) is 11.7 Å². The largest absolute Gasteiger partial charge is 0.378 e.